The highest BCUT2D eigenvalue weighted by atomic mass is 16.6. The number of benzene rings is 1. The van der Waals surface area contributed by atoms with Gasteiger partial charge in [-0.15, -0.1) is 0 Å². The molecule has 0 fully saturated rings. The lowest BCUT2D eigenvalue weighted by Gasteiger charge is -2.13. The average Bonchev–Trinajstić information content (AvgIpc) is 2.94. The number of carbonyl (C=O) groups is 1. The van der Waals surface area contributed by atoms with Crippen LogP contribution >= 0.6 is 0 Å². The minimum atomic E-state index is -0.863. The molecule has 2 aromatic rings. The number of nitro groups is 1. The van der Waals surface area contributed by atoms with Crippen LogP contribution in [0.25, 0.3) is 6.08 Å². The van der Waals surface area contributed by atoms with E-state index in [0.717, 1.165) is 30.4 Å². The number of nitro benzene ring substituents is 1. The van der Waals surface area contributed by atoms with Gasteiger partial charge in [0.2, 0.25) is 5.78 Å². The molecule has 0 atom stereocenters. The van der Waals surface area contributed by atoms with Gasteiger partial charge in [0.15, 0.2) is 0 Å². The summed E-state index contributed by atoms with van der Waals surface area (Å²) in [6.07, 6.45) is 2.12. The average molecular weight is 382 g/mol. The molecule has 8 nitrogen and oxygen atoms in total. The molecule has 1 aromatic heterocycles. The molecular weight excluding hydrogens is 362 g/mol. The molecule has 0 saturated carbocycles. The van der Waals surface area contributed by atoms with Crippen molar-refractivity contribution in [3.8, 4) is 17.6 Å². The van der Waals surface area contributed by atoms with Crippen molar-refractivity contribution in [1.29, 1.82) is 5.26 Å². The van der Waals surface area contributed by atoms with Crippen LogP contribution in [0.15, 0.2) is 23.8 Å². The number of ether oxygens (including phenoxy) is 1. The first-order valence-electron chi connectivity index (χ1n) is 8.61. The molecule has 0 spiro atoms. The quantitative estimate of drug-likeness (QED) is 0.238. The number of hydrogen-bond acceptors (Lipinski definition) is 6. The Morgan fingerprint density at radius 1 is 1.36 bits per heavy atom. The predicted octanol–water partition coefficient (Wildman–Crippen LogP) is 3.30. The number of hydrogen-bond donors (Lipinski definition) is 0. The normalized spacial score (nSPS) is 11.2. The molecule has 2 rings (SSSR count). The Morgan fingerprint density at radius 3 is 2.57 bits per heavy atom. The maximum Gasteiger partial charge on any atom is 0.266 e. The van der Waals surface area contributed by atoms with Crippen LogP contribution in [-0.4, -0.2) is 22.4 Å². The van der Waals surface area contributed by atoms with Crippen LogP contribution in [0.5, 0.6) is 11.5 Å². The van der Waals surface area contributed by atoms with E-state index in [9.17, 15) is 25.3 Å². The Hall–Kier alpha value is -3.60. The molecule has 0 amide bonds. The number of Topliss-reactive ketones (excluding diaryl/α,β-unsaturated/α-hetero) is 1. The molecular formula is C20H20N3O5-. The summed E-state index contributed by atoms with van der Waals surface area (Å²) in [5.41, 5.74) is 1.36. The minimum Gasteiger partial charge on any atom is -0.865 e. The van der Waals surface area contributed by atoms with Crippen molar-refractivity contribution in [2.45, 2.75) is 33.7 Å². The number of methoxy groups -OCH3 is 1. The molecule has 0 unspecified atom stereocenters. The monoisotopic (exact) mass is 382 g/mol. The zero-order chi connectivity index (χ0) is 21.0. The third-order valence-corrected chi connectivity index (χ3v) is 4.42. The van der Waals surface area contributed by atoms with Crippen molar-refractivity contribution in [3.05, 3.63) is 56.4 Å². The fraction of sp³-hybridized carbons (Fsp3) is 0.300. The Labute approximate surface area is 162 Å². The molecule has 146 valence electrons. The highest BCUT2D eigenvalue weighted by Gasteiger charge is 2.20. The van der Waals surface area contributed by atoms with E-state index < -0.39 is 22.1 Å². The molecule has 0 aliphatic carbocycles. The van der Waals surface area contributed by atoms with E-state index in [1.807, 2.05) is 31.4 Å². The number of allylic oxidation sites excluding steroid dienone is 1. The number of aromatic nitrogens is 1. The standard InChI is InChI=1S/C20H21N3O5/c1-5-6-22-12(2)7-16(13(22)3)19(24)15(11-21)8-14-9-17(23(26)27)20(25)18(10-14)28-4/h7-10,25H,5-6H2,1-4H3/p-1/b15-8+. The van der Waals surface area contributed by atoms with Crippen LogP contribution in [0, 0.1) is 35.3 Å². The molecule has 0 radical (unpaired) electrons. The summed E-state index contributed by atoms with van der Waals surface area (Å²) < 4.78 is 6.89. The Kier molecular flexibility index (Phi) is 6.21. The van der Waals surface area contributed by atoms with Gasteiger partial charge in [0, 0.05) is 35.3 Å². The Bertz CT molecular complexity index is 1010. The van der Waals surface area contributed by atoms with E-state index in [-0.39, 0.29) is 16.9 Å². The predicted molar refractivity (Wildman–Crippen MR) is 101 cm³/mol. The van der Waals surface area contributed by atoms with Gasteiger partial charge in [-0.25, -0.2) is 0 Å². The second-order valence-electron chi connectivity index (χ2n) is 6.26. The lowest BCUT2D eigenvalue weighted by molar-refractivity contribution is -0.398. The molecule has 0 N–H and O–H groups in total. The van der Waals surface area contributed by atoms with Gasteiger partial charge in [0.1, 0.15) is 17.4 Å². The van der Waals surface area contributed by atoms with Crippen molar-refractivity contribution >= 4 is 17.5 Å². The fourth-order valence-corrected chi connectivity index (χ4v) is 3.04. The lowest BCUT2D eigenvalue weighted by atomic mass is 10.0. The molecule has 1 heterocycles. The first kappa shape index (κ1) is 20.7. The Morgan fingerprint density at radius 2 is 2.04 bits per heavy atom. The number of aryl methyl sites for hydroxylation is 1. The van der Waals surface area contributed by atoms with E-state index in [2.05, 4.69) is 0 Å². The van der Waals surface area contributed by atoms with Crippen LogP contribution in [0.3, 0.4) is 0 Å². The van der Waals surface area contributed by atoms with Crippen LogP contribution < -0.4 is 9.84 Å². The van der Waals surface area contributed by atoms with E-state index in [1.54, 1.807) is 6.07 Å². The number of nitriles is 1. The maximum absolute atomic E-state index is 12.9. The minimum absolute atomic E-state index is 0.162. The summed E-state index contributed by atoms with van der Waals surface area (Å²) >= 11 is 0. The van der Waals surface area contributed by atoms with Crippen LogP contribution in [0.1, 0.15) is 40.7 Å². The lowest BCUT2D eigenvalue weighted by Crippen LogP contribution is -2.06. The molecule has 28 heavy (non-hydrogen) atoms. The van der Waals surface area contributed by atoms with Gasteiger partial charge < -0.3 is 14.4 Å². The largest absolute Gasteiger partial charge is 0.865 e. The summed E-state index contributed by atoms with van der Waals surface area (Å²) in [6.45, 7) is 6.48. The number of carbonyl (C=O) groups excluding carboxylic acids is 1. The second kappa shape index (κ2) is 8.39. The second-order valence-corrected chi connectivity index (χ2v) is 6.26. The topological polar surface area (TPSA) is 121 Å². The van der Waals surface area contributed by atoms with Gasteiger partial charge in [-0.3, -0.25) is 14.9 Å². The van der Waals surface area contributed by atoms with Gasteiger partial charge in [-0.05, 0) is 44.0 Å². The zero-order valence-electron chi connectivity index (χ0n) is 16.1. The maximum atomic E-state index is 12.9. The zero-order valence-corrected chi connectivity index (χ0v) is 16.1. The van der Waals surface area contributed by atoms with E-state index >= 15 is 0 Å². The van der Waals surface area contributed by atoms with E-state index in [1.165, 1.54) is 19.3 Å². The van der Waals surface area contributed by atoms with Crippen molar-refractivity contribution in [1.82, 2.24) is 4.57 Å². The van der Waals surface area contributed by atoms with Crippen molar-refractivity contribution in [2.24, 2.45) is 0 Å². The first-order valence-corrected chi connectivity index (χ1v) is 8.61. The van der Waals surface area contributed by atoms with Crippen molar-refractivity contribution in [3.63, 3.8) is 0 Å². The SMILES string of the molecule is CCCn1c(C)cc(C(=O)/C(C#N)=C/c2cc(OC)c([O-])c([N+](=O)[O-])c2)c1C. The Balaban J connectivity index is 2.54. The number of rotatable bonds is 7. The summed E-state index contributed by atoms with van der Waals surface area (Å²) in [5, 5.41) is 32.5. The van der Waals surface area contributed by atoms with Crippen molar-refractivity contribution < 1.29 is 19.6 Å². The molecule has 0 bridgehead atoms. The van der Waals surface area contributed by atoms with Gasteiger partial charge in [0.25, 0.3) is 5.69 Å². The summed E-state index contributed by atoms with van der Waals surface area (Å²) in [6, 6.07) is 5.86. The highest BCUT2D eigenvalue weighted by Crippen LogP contribution is 2.35. The highest BCUT2D eigenvalue weighted by molar-refractivity contribution is 6.14. The molecule has 8 heteroatoms. The molecule has 1 aromatic carbocycles. The molecule has 0 aliphatic rings. The van der Waals surface area contributed by atoms with Gasteiger partial charge in [-0.2, -0.15) is 5.26 Å². The number of ketones is 1. The van der Waals surface area contributed by atoms with Gasteiger partial charge in [-0.1, -0.05) is 6.92 Å². The van der Waals surface area contributed by atoms with Gasteiger partial charge in [0.05, 0.1) is 12.0 Å². The third kappa shape index (κ3) is 3.88. The third-order valence-electron chi connectivity index (χ3n) is 4.42. The van der Waals surface area contributed by atoms with E-state index in [0.29, 0.717) is 5.56 Å². The molecule has 0 aliphatic heterocycles. The number of nitrogens with zero attached hydrogens (tertiary/aromatic N) is 3. The smallest absolute Gasteiger partial charge is 0.266 e. The summed E-state index contributed by atoms with van der Waals surface area (Å²) in [5.74, 6) is -1.57. The van der Waals surface area contributed by atoms with Crippen molar-refractivity contribution in [2.75, 3.05) is 7.11 Å². The van der Waals surface area contributed by atoms with Crippen LogP contribution in [0.2, 0.25) is 0 Å². The van der Waals surface area contributed by atoms with Crippen LogP contribution in [-0.2, 0) is 6.54 Å². The van der Waals surface area contributed by atoms with E-state index in [4.69, 9.17) is 4.74 Å². The summed E-state index contributed by atoms with van der Waals surface area (Å²) in [7, 11) is 1.22. The molecule has 0 saturated heterocycles. The summed E-state index contributed by atoms with van der Waals surface area (Å²) in [4.78, 5) is 23.1. The fourth-order valence-electron chi connectivity index (χ4n) is 3.04. The van der Waals surface area contributed by atoms with Crippen LogP contribution in [0.4, 0.5) is 5.69 Å². The van der Waals surface area contributed by atoms with Gasteiger partial charge >= 0.3 is 0 Å². The first-order chi connectivity index (χ1) is 13.2.